The molecular weight excluding hydrogens is 360 g/mol. The summed E-state index contributed by atoms with van der Waals surface area (Å²) in [5.41, 5.74) is 1.60. The average molecular weight is 384 g/mol. The van der Waals surface area contributed by atoms with E-state index in [4.69, 9.17) is 9.47 Å². The molecule has 0 bridgehead atoms. The van der Waals surface area contributed by atoms with Crippen molar-refractivity contribution in [3.8, 4) is 11.5 Å². The lowest BCUT2D eigenvalue weighted by atomic mass is 10.2. The highest BCUT2D eigenvalue weighted by Gasteiger charge is 2.34. The maximum atomic E-state index is 12.7. The van der Waals surface area contributed by atoms with Crippen LogP contribution in [-0.2, 0) is 16.6 Å². The molecule has 1 saturated heterocycles. The van der Waals surface area contributed by atoms with E-state index in [1.165, 1.54) is 6.08 Å². The molecule has 1 fully saturated rings. The van der Waals surface area contributed by atoms with E-state index < -0.39 is 6.04 Å². The van der Waals surface area contributed by atoms with Crippen molar-refractivity contribution in [1.29, 1.82) is 0 Å². The van der Waals surface area contributed by atoms with E-state index in [0.717, 1.165) is 17.1 Å². The van der Waals surface area contributed by atoms with Gasteiger partial charge in [-0.1, -0.05) is 0 Å². The van der Waals surface area contributed by atoms with Crippen molar-refractivity contribution in [2.45, 2.75) is 19.4 Å². The van der Waals surface area contributed by atoms with E-state index in [1.807, 2.05) is 13.0 Å². The van der Waals surface area contributed by atoms with Crippen molar-refractivity contribution in [2.75, 3.05) is 25.7 Å². The third-order valence-corrected chi connectivity index (χ3v) is 4.58. The fourth-order valence-electron chi connectivity index (χ4n) is 3.21. The van der Waals surface area contributed by atoms with E-state index in [0.29, 0.717) is 24.5 Å². The Balaban J connectivity index is 1.65. The smallest absolute Gasteiger partial charge is 0.250 e. The van der Waals surface area contributed by atoms with E-state index in [9.17, 15) is 9.59 Å². The van der Waals surface area contributed by atoms with Crippen molar-refractivity contribution in [1.82, 2.24) is 15.1 Å². The molecule has 8 heteroatoms. The van der Waals surface area contributed by atoms with Gasteiger partial charge in [-0.15, -0.1) is 0 Å². The van der Waals surface area contributed by atoms with Crippen LogP contribution in [0.25, 0.3) is 6.08 Å². The van der Waals surface area contributed by atoms with Gasteiger partial charge >= 0.3 is 0 Å². The van der Waals surface area contributed by atoms with Gasteiger partial charge in [0.2, 0.25) is 5.91 Å². The Morgan fingerprint density at radius 2 is 1.89 bits per heavy atom. The first-order valence-electron chi connectivity index (χ1n) is 8.95. The van der Waals surface area contributed by atoms with Crippen molar-refractivity contribution >= 4 is 23.7 Å². The SMILES string of the molecule is COc1cc(C=CC(=O)NC2CCN(c3cc(C)nn3C)C2=O)cc(OC)c1. The Bertz CT molecular complexity index is 897. The van der Waals surface area contributed by atoms with Gasteiger partial charge in [0.15, 0.2) is 0 Å². The molecule has 2 aromatic rings. The first-order valence-corrected chi connectivity index (χ1v) is 8.95. The molecule has 0 saturated carbocycles. The normalized spacial score (nSPS) is 16.6. The fourth-order valence-corrected chi connectivity index (χ4v) is 3.21. The molecule has 0 aliphatic carbocycles. The maximum Gasteiger partial charge on any atom is 0.250 e. The molecule has 1 aliphatic heterocycles. The van der Waals surface area contributed by atoms with Gasteiger partial charge in [-0.05, 0) is 37.1 Å². The number of hydrogen-bond donors (Lipinski definition) is 1. The summed E-state index contributed by atoms with van der Waals surface area (Å²) in [7, 11) is 4.93. The Morgan fingerprint density at radius 3 is 2.46 bits per heavy atom. The minimum absolute atomic E-state index is 0.132. The van der Waals surface area contributed by atoms with Crippen LogP contribution in [0.5, 0.6) is 11.5 Å². The summed E-state index contributed by atoms with van der Waals surface area (Å²) in [6, 6.07) is 6.65. The van der Waals surface area contributed by atoms with E-state index >= 15 is 0 Å². The predicted molar refractivity (Wildman–Crippen MR) is 105 cm³/mol. The first kappa shape index (κ1) is 19.5. The van der Waals surface area contributed by atoms with Crippen LogP contribution < -0.4 is 19.7 Å². The summed E-state index contributed by atoms with van der Waals surface area (Å²) in [5, 5.41) is 7.04. The zero-order valence-electron chi connectivity index (χ0n) is 16.4. The summed E-state index contributed by atoms with van der Waals surface area (Å²) < 4.78 is 12.1. The van der Waals surface area contributed by atoms with Crippen LogP contribution in [0, 0.1) is 6.92 Å². The summed E-state index contributed by atoms with van der Waals surface area (Å²) in [6.07, 6.45) is 3.61. The maximum absolute atomic E-state index is 12.7. The third-order valence-electron chi connectivity index (χ3n) is 4.58. The number of aryl methyl sites for hydroxylation is 2. The highest BCUT2D eigenvalue weighted by Crippen LogP contribution is 2.24. The van der Waals surface area contributed by atoms with Crippen molar-refractivity contribution in [3.63, 3.8) is 0 Å². The van der Waals surface area contributed by atoms with Gasteiger partial charge in [0, 0.05) is 31.8 Å². The topological polar surface area (TPSA) is 85.7 Å². The third kappa shape index (κ3) is 4.16. The number of carbonyl (C=O) groups excluding carboxylic acids is 2. The monoisotopic (exact) mass is 384 g/mol. The number of benzene rings is 1. The van der Waals surface area contributed by atoms with Crippen LogP contribution in [-0.4, -0.2) is 48.4 Å². The van der Waals surface area contributed by atoms with Crippen LogP contribution in [0.3, 0.4) is 0 Å². The molecule has 1 aromatic heterocycles. The molecule has 0 spiro atoms. The summed E-state index contributed by atoms with van der Waals surface area (Å²) in [5.74, 6) is 1.54. The second kappa shape index (κ2) is 8.16. The fraction of sp³-hybridized carbons (Fsp3) is 0.350. The van der Waals surface area contributed by atoms with E-state index in [2.05, 4.69) is 10.4 Å². The number of hydrogen-bond acceptors (Lipinski definition) is 5. The quantitative estimate of drug-likeness (QED) is 0.766. The zero-order chi connectivity index (χ0) is 20.3. The van der Waals surface area contributed by atoms with Gasteiger partial charge in [0.05, 0.1) is 19.9 Å². The van der Waals surface area contributed by atoms with Gasteiger partial charge in [-0.2, -0.15) is 5.10 Å². The number of aromatic nitrogens is 2. The van der Waals surface area contributed by atoms with Crippen LogP contribution in [0.2, 0.25) is 0 Å². The second-order valence-corrected chi connectivity index (χ2v) is 6.59. The predicted octanol–water partition coefficient (Wildman–Crippen LogP) is 1.68. The molecule has 1 unspecified atom stereocenters. The minimum Gasteiger partial charge on any atom is -0.497 e. The molecule has 1 N–H and O–H groups in total. The number of amides is 2. The Morgan fingerprint density at radius 1 is 1.21 bits per heavy atom. The summed E-state index contributed by atoms with van der Waals surface area (Å²) in [6.45, 7) is 2.42. The van der Waals surface area contributed by atoms with Crippen LogP contribution >= 0.6 is 0 Å². The number of rotatable bonds is 6. The van der Waals surface area contributed by atoms with E-state index in [-0.39, 0.29) is 11.8 Å². The molecule has 0 radical (unpaired) electrons. The van der Waals surface area contributed by atoms with Gasteiger partial charge < -0.3 is 14.8 Å². The standard InChI is InChI=1S/C20H24N4O4/c1-13-9-19(23(2)22-13)24-8-7-17(20(24)26)21-18(25)6-5-14-10-15(27-3)12-16(11-14)28-4/h5-6,9-12,17H,7-8H2,1-4H3,(H,21,25). The Labute approximate surface area is 163 Å². The van der Waals surface area contributed by atoms with Gasteiger partial charge in [-0.3, -0.25) is 19.2 Å². The minimum atomic E-state index is -0.549. The summed E-state index contributed by atoms with van der Waals surface area (Å²) in [4.78, 5) is 26.6. The van der Waals surface area contributed by atoms with Gasteiger partial charge in [-0.25, -0.2) is 0 Å². The van der Waals surface area contributed by atoms with Gasteiger partial charge in [0.25, 0.3) is 5.91 Å². The van der Waals surface area contributed by atoms with Crippen LogP contribution in [0.15, 0.2) is 30.3 Å². The highest BCUT2D eigenvalue weighted by atomic mass is 16.5. The average Bonchev–Trinajstić information content (AvgIpc) is 3.20. The summed E-state index contributed by atoms with van der Waals surface area (Å²) >= 11 is 0. The van der Waals surface area contributed by atoms with E-state index in [1.54, 1.807) is 55.1 Å². The van der Waals surface area contributed by atoms with Crippen LogP contribution in [0.1, 0.15) is 17.7 Å². The molecule has 2 heterocycles. The number of ether oxygens (including phenoxy) is 2. The molecule has 28 heavy (non-hydrogen) atoms. The first-order chi connectivity index (χ1) is 13.4. The molecule has 2 amide bonds. The molecule has 1 aliphatic rings. The molecular formula is C20H24N4O4. The van der Waals surface area contributed by atoms with Crippen molar-refractivity contribution in [3.05, 3.63) is 41.6 Å². The molecule has 148 valence electrons. The highest BCUT2D eigenvalue weighted by molar-refractivity contribution is 6.02. The second-order valence-electron chi connectivity index (χ2n) is 6.59. The lowest BCUT2D eigenvalue weighted by Crippen LogP contribution is -2.41. The molecule has 3 rings (SSSR count). The number of carbonyl (C=O) groups is 2. The number of nitrogens with one attached hydrogen (secondary N) is 1. The lowest BCUT2D eigenvalue weighted by Gasteiger charge is -2.16. The Kier molecular flexibility index (Phi) is 5.67. The van der Waals surface area contributed by atoms with Crippen LogP contribution in [0.4, 0.5) is 5.82 Å². The number of methoxy groups -OCH3 is 2. The van der Waals surface area contributed by atoms with Crippen molar-refractivity contribution < 1.29 is 19.1 Å². The van der Waals surface area contributed by atoms with Gasteiger partial charge in [0.1, 0.15) is 23.4 Å². The number of nitrogens with zero attached hydrogens (tertiary/aromatic N) is 3. The number of anilines is 1. The molecule has 1 atom stereocenters. The van der Waals surface area contributed by atoms with Crippen molar-refractivity contribution in [2.24, 2.45) is 7.05 Å². The largest absolute Gasteiger partial charge is 0.497 e. The zero-order valence-corrected chi connectivity index (χ0v) is 16.4. The molecule has 8 nitrogen and oxygen atoms in total. The lowest BCUT2D eigenvalue weighted by molar-refractivity contribution is -0.123. The Hall–Kier alpha value is -3.29. The molecule has 1 aromatic carbocycles.